The monoisotopic (exact) mass is 312 g/mol. The van der Waals surface area contributed by atoms with Crippen LogP contribution in [0.1, 0.15) is 17.3 Å². The van der Waals surface area contributed by atoms with Crippen molar-refractivity contribution in [2.75, 3.05) is 20.2 Å². The minimum Gasteiger partial charge on any atom is -0.496 e. The molecule has 0 spiro atoms. The molecule has 0 saturated heterocycles. The number of ether oxygens (including phenoxy) is 1. The van der Waals surface area contributed by atoms with E-state index in [0.717, 1.165) is 11.1 Å². The first kappa shape index (κ1) is 16.5. The summed E-state index contributed by atoms with van der Waals surface area (Å²) >= 11 is 0. The zero-order valence-corrected chi connectivity index (χ0v) is 13.3. The van der Waals surface area contributed by atoms with Crippen LogP contribution in [-0.4, -0.2) is 32.0 Å². The number of carbonyl (C=O) groups excluding carboxylic acids is 2. The summed E-state index contributed by atoms with van der Waals surface area (Å²) in [6.45, 7) is 2.19. The van der Waals surface area contributed by atoms with E-state index in [4.69, 9.17) is 4.74 Å². The summed E-state index contributed by atoms with van der Waals surface area (Å²) in [5.41, 5.74) is 2.44. The maximum atomic E-state index is 12.3. The lowest BCUT2D eigenvalue weighted by Gasteiger charge is -2.11. The molecule has 0 atom stereocenters. The van der Waals surface area contributed by atoms with Gasteiger partial charge in [0.15, 0.2) is 0 Å². The number of hydrogen-bond donors (Lipinski definition) is 2. The first-order chi connectivity index (χ1) is 11.1. The lowest BCUT2D eigenvalue weighted by molar-refractivity contribution is -0.118. The smallest absolute Gasteiger partial charge is 0.255 e. The molecule has 0 aromatic heterocycles. The Hall–Kier alpha value is -2.82. The number of benzene rings is 2. The standard InChI is InChI=1S/C18H20N2O3/c1-13(21)19-10-11-20-18(22)16-12-15(8-9-17(16)23-2)14-6-4-3-5-7-14/h3-9,12H,10-11H2,1-2H3,(H,19,21)(H,20,22). The SMILES string of the molecule is COc1ccc(-c2ccccc2)cc1C(=O)NCCNC(C)=O. The van der Waals surface area contributed by atoms with E-state index in [0.29, 0.717) is 24.4 Å². The molecule has 0 fully saturated rings. The van der Waals surface area contributed by atoms with Crippen LogP contribution >= 0.6 is 0 Å². The second-order valence-corrected chi connectivity index (χ2v) is 5.02. The summed E-state index contributed by atoms with van der Waals surface area (Å²) in [6, 6.07) is 15.3. The summed E-state index contributed by atoms with van der Waals surface area (Å²) in [7, 11) is 1.53. The Labute approximate surface area is 135 Å². The van der Waals surface area contributed by atoms with Crippen molar-refractivity contribution in [2.45, 2.75) is 6.92 Å². The largest absolute Gasteiger partial charge is 0.496 e. The van der Waals surface area contributed by atoms with E-state index in [2.05, 4.69) is 10.6 Å². The van der Waals surface area contributed by atoms with Gasteiger partial charge in [-0.2, -0.15) is 0 Å². The molecule has 2 rings (SSSR count). The van der Waals surface area contributed by atoms with E-state index in [-0.39, 0.29) is 11.8 Å². The van der Waals surface area contributed by atoms with Crippen LogP contribution < -0.4 is 15.4 Å². The summed E-state index contributed by atoms with van der Waals surface area (Å²) in [4.78, 5) is 23.2. The molecule has 0 bridgehead atoms. The highest BCUT2D eigenvalue weighted by molar-refractivity contribution is 5.98. The number of methoxy groups -OCH3 is 1. The Bertz CT molecular complexity index is 684. The number of rotatable bonds is 6. The van der Waals surface area contributed by atoms with Gasteiger partial charge >= 0.3 is 0 Å². The van der Waals surface area contributed by atoms with E-state index < -0.39 is 0 Å². The lowest BCUT2D eigenvalue weighted by Crippen LogP contribution is -2.33. The topological polar surface area (TPSA) is 67.4 Å². The molecule has 0 radical (unpaired) electrons. The zero-order chi connectivity index (χ0) is 16.7. The third kappa shape index (κ3) is 4.57. The predicted octanol–water partition coefficient (Wildman–Crippen LogP) is 2.23. The highest BCUT2D eigenvalue weighted by Crippen LogP contribution is 2.26. The molecule has 0 unspecified atom stereocenters. The fourth-order valence-electron chi connectivity index (χ4n) is 2.21. The van der Waals surface area contributed by atoms with Crippen LogP contribution in [0.15, 0.2) is 48.5 Å². The molecular formula is C18H20N2O3. The molecule has 2 aromatic carbocycles. The van der Waals surface area contributed by atoms with Gasteiger partial charge in [-0.15, -0.1) is 0 Å². The Balaban J connectivity index is 2.15. The lowest BCUT2D eigenvalue weighted by atomic mass is 10.0. The number of nitrogens with one attached hydrogen (secondary N) is 2. The van der Waals surface area contributed by atoms with Crippen LogP contribution in [-0.2, 0) is 4.79 Å². The average Bonchev–Trinajstić information content (AvgIpc) is 2.58. The number of carbonyl (C=O) groups is 2. The van der Waals surface area contributed by atoms with Gasteiger partial charge in [-0.05, 0) is 23.3 Å². The van der Waals surface area contributed by atoms with Gasteiger partial charge in [-0.25, -0.2) is 0 Å². The third-order valence-corrected chi connectivity index (χ3v) is 3.34. The van der Waals surface area contributed by atoms with Gasteiger partial charge in [0.25, 0.3) is 5.91 Å². The van der Waals surface area contributed by atoms with Crippen LogP contribution in [0.4, 0.5) is 0 Å². The average molecular weight is 312 g/mol. The molecular weight excluding hydrogens is 292 g/mol. The van der Waals surface area contributed by atoms with Crippen molar-refractivity contribution in [2.24, 2.45) is 0 Å². The van der Waals surface area contributed by atoms with E-state index in [1.165, 1.54) is 14.0 Å². The molecule has 0 heterocycles. The molecule has 0 aliphatic carbocycles. The fourth-order valence-corrected chi connectivity index (χ4v) is 2.21. The highest BCUT2D eigenvalue weighted by Gasteiger charge is 2.13. The predicted molar refractivity (Wildman–Crippen MR) is 89.4 cm³/mol. The van der Waals surface area contributed by atoms with Crippen LogP contribution in [0.25, 0.3) is 11.1 Å². The molecule has 0 saturated carbocycles. The molecule has 120 valence electrons. The Morgan fingerprint density at radius 2 is 1.65 bits per heavy atom. The summed E-state index contributed by atoms with van der Waals surface area (Å²) in [5, 5.41) is 5.41. The number of amides is 2. The molecule has 2 N–H and O–H groups in total. The summed E-state index contributed by atoms with van der Waals surface area (Å²) in [5.74, 6) is 0.162. The summed E-state index contributed by atoms with van der Waals surface area (Å²) in [6.07, 6.45) is 0. The van der Waals surface area contributed by atoms with Gasteiger partial charge in [0.1, 0.15) is 5.75 Å². The van der Waals surface area contributed by atoms with E-state index in [9.17, 15) is 9.59 Å². The van der Waals surface area contributed by atoms with Crippen molar-refractivity contribution in [3.63, 3.8) is 0 Å². The maximum absolute atomic E-state index is 12.3. The minimum absolute atomic E-state index is 0.122. The van der Waals surface area contributed by atoms with Gasteiger partial charge in [0.05, 0.1) is 12.7 Å². The second kappa shape index (κ2) is 7.98. The molecule has 0 aliphatic rings. The molecule has 2 aromatic rings. The molecule has 2 amide bonds. The second-order valence-electron chi connectivity index (χ2n) is 5.02. The van der Waals surface area contributed by atoms with Crippen LogP contribution in [0.5, 0.6) is 5.75 Å². The molecule has 5 nitrogen and oxygen atoms in total. The van der Waals surface area contributed by atoms with Crippen molar-refractivity contribution in [1.82, 2.24) is 10.6 Å². The Morgan fingerprint density at radius 1 is 0.957 bits per heavy atom. The van der Waals surface area contributed by atoms with Crippen molar-refractivity contribution in [3.05, 3.63) is 54.1 Å². The van der Waals surface area contributed by atoms with Gasteiger partial charge in [0, 0.05) is 20.0 Å². The zero-order valence-electron chi connectivity index (χ0n) is 13.3. The Morgan fingerprint density at radius 3 is 2.30 bits per heavy atom. The first-order valence-corrected chi connectivity index (χ1v) is 7.38. The number of hydrogen-bond acceptors (Lipinski definition) is 3. The molecule has 0 aliphatic heterocycles. The van der Waals surface area contributed by atoms with Gasteiger partial charge in [0.2, 0.25) is 5.91 Å². The van der Waals surface area contributed by atoms with Crippen molar-refractivity contribution in [1.29, 1.82) is 0 Å². The Kier molecular flexibility index (Phi) is 5.74. The van der Waals surface area contributed by atoms with Crippen molar-refractivity contribution < 1.29 is 14.3 Å². The van der Waals surface area contributed by atoms with E-state index >= 15 is 0 Å². The highest BCUT2D eigenvalue weighted by atomic mass is 16.5. The van der Waals surface area contributed by atoms with E-state index in [1.807, 2.05) is 42.5 Å². The van der Waals surface area contributed by atoms with Gasteiger partial charge < -0.3 is 15.4 Å². The van der Waals surface area contributed by atoms with Crippen molar-refractivity contribution >= 4 is 11.8 Å². The minimum atomic E-state index is -0.231. The van der Waals surface area contributed by atoms with Gasteiger partial charge in [-0.3, -0.25) is 9.59 Å². The first-order valence-electron chi connectivity index (χ1n) is 7.38. The molecule has 23 heavy (non-hydrogen) atoms. The fraction of sp³-hybridized carbons (Fsp3) is 0.222. The van der Waals surface area contributed by atoms with Crippen LogP contribution in [0, 0.1) is 0 Å². The van der Waals surface area contributed by atoms with Crippen LogP contribution in [0.3, 0.4) is 0 Å². The normalized spacial score (nSPS) is 10.0. The van der Waals surface area contributed by atoms with E-state index in [1.54, 1.807) is 6.07 Å². The van der Waals surface area contributed by atoms with Crippen LogP contribution in [0.2, 0.25) is 0 Å². The third-order valence-electron chi connectivity index (χ3n) is 3.34. The summed E-state index contributed by atoms with van der Waals surface area (Å²) < 4.78 is 5.27. The van der Waals surface area contributed by atoms with Crippen molar-refractivity contribution in [3.8, 4) is 16.9 Å². The van der Waals surface area contributed by atoms with Gasteiger partial charge in [-0.1, -0.05) is 36.4 Å². The molecule has 5 heteroatoms. The quantitative estimate of drug-likeness (QED) is 0.804. The maximum Gasteiger partial charge on any atom is 0.255 e.